The second-order valence-electron chi connectivity index (χ2n) is 3.26. The minimum atomic E-state index is 0.227. The van der Waals surface area contributed by atoms with Crippen molar-refractivity contribution in [1.29, 1.82) is 0 Å². The van der Waals surface area contributed by atoms with E-state index in [2.05, 4.69) is 10.6 Å². The standard InChI is InChI=1S/C9H19N3O/c1-2-10-8-9(13)12-6-3-4-11-5-7-12/h10-11H,2-8H2,1H3. The predicted octanol–water partition coefficient (Wildman–Crippen LogP) is -0.582. The summed E-state index contributed by atoms with van der Waals surface area (Å²) < 4.78 is 0. The molecule has 0 aromatic heterocycles. The topological polar surface area (TPSA) is 44.4 Å². The molecule has 1 aliphatic rings. The summed E-state index contributed by atoms with van der Waals surface area (Å²) in [6.45, 7) is 7.07. The average molecular weight is 185 g/mol. The Bertz CT molecular complexity index is 153. The van der Waals surface area contributed by atoms with Crippen LogP contribution in [0, 0.1) is 0 Å². The quantitative estimate of drug-likeness (QED) is 0.618. The van der Waals surface area contributed by atoms with E-state index in [1.165, 1.54) is 0 Å². The number of nitrogens with zero attached hydrogens (tertiary/aromatic N) is 1. The number of likely N-dealkylation sites (N-methyl/N-ethyl adjacent to an activating group) is 1. The first-order valence-electron chi connectivity index (χ1n) is 5.04. The maximum Gasteiger partial charge on any atom is 0.236 e. The molecule has 1 rings (SSSR count). The Balaban J connectivity index is 2.26. The van der Waals surface area contributed by atoms with Crippen molar-refractivity contribution in [2.45, 2.75) is 13.3 Å². The van der Waals surface area contributed by atoms with Crippen molar-refractivity contribution in [2.75, 3.05) is 39.3 Å². The molecule has 4 nitrogen and oxygen atoms in total. The molecule has 1 fully saturated rings. The number of carbonyl (C=O) groups is 1. The minimum absolute atomic E-state index is 0.227. The second kappa shape index (κ2) is 5.94. The normalized spacial score (nSPS) is 18.4. The van der Waals surface area contributed by atoms with Gasteiger partial charge >= 0.3 is 0 Å². The molecule has 76 valence electrons. The van der Waals surface area contributed by atoms with Gasteiger partial charge in [0.25, 0.3) is 0 Å². The van der Waals surface area contributed by atoms with Gasteiger partial charge in [-0.1, -0.05) is 6.92 Å². The van der Waals surface area contributed by atoms with Gasteiger partial charge in [0, 0.05) is 19.6 Å². The van der Waals surface area contributed by atoms with E-state index >= 15 is 0 Å². The highest BCUT2D eigenvalue weighted by molar-refractivity contribution is 5.78. The van der Waals surface area contributed by atoms with Crippen LogP contribution in [-0.4, -0.2) is 50.1 Å². The van der Waals surface area contributed by atoms with Crippen molar-refractivity contribution >= 4 is 5.91 Å². The smallest absolute Gasteiger partial charge is 0.236 e. The second-order valence-corrected chi connectivity index (χ2v) is 3.26. The van der Waals surface area contributed by atoms with Crippen molar-refractivity contribution in [1.82, 2.24) is 15.5 Å². The lowest BCUT2D eigenvalue weighted by Gasteiger charge is -2.19. The van der Waals surface area contributed by atoms with Gasteiger partial charge in [0.15, 0.2) is 0 Å². The van der Waals surface area contributed by atoms with E-state index in [9.17, 15) is 4.79 Å². The summed E-state index contributed by atoms with van der Waals surface area (Å²) in [5.41, 5.74) is 0. The Hall–Kier alpha value is -0.610. The number of hydrogen-bond donors (Lipinski definition) is 2. The van der Waals surface area contributed by atoms with Gasteiger partial charge in [-0.15, -0.1) is 0 Å². The van der Waals surface area contributed by atoms with Gasteiger partial charge in [0.2, 0.25) is 5.91 Å². The van der Waals surface area contributed by atoms with Crippen LogP contribution in [0.4, 0.5) is 0 Å². The molecule has 0 spiro atoms. The fourth-order valence-electron chi connectivity index (χ4n) is 1.44. The van der Waals surface area contributed by atoms with Crippen LogP contribution in [0.5, 0.6) is 0 Å². The Morgan fingerprint density at radius 1 is 1.46 bits per heavy atom. The van der Waals surface area contributed by atoms with E-state index in [-0.39, 0.29) is 5.91 Å². The molecule has 1 heterocycles. The highest BCUT2D eigenvalue weighted by Gasteiger charge is 2.13. The summed E-state index contributed by atoms with van der Waals surface area (Å²) in [5.74, 6) is 0.227. The number of hydrogen-bond acceptors (Lipinski definition) is 3. The lowest BCUT2D eigenvalue weighted by Crippen LogP contribution is -2.40. The minimum Gasteiger partial charge on any atom is -0.340 e. The molecule has 0 bridgehead atoms. The van der Waals surface area contributed by atoms with E-state index in [4.69, 9.17) is 0 Å². The molecule has 13 heavy (non-hydrogen) atoms. The van der Waals surface area contributed by atoms with E-state index in [1.807, 2.05) is 11.8 Å². The zero-order valence-corrected chi connectivity index (χ0v) is 8.31. The van der Waals surface area contributed by atoms with E-state index in [0.717, 1.165) is 39.1 Å². The van der Waals surface area contributed by atoms with Gasteiger partial charge in [-0.05, 0) is 19.5 Å². The Labute approximate surface area is 79.7 Å². The molecular weight excluding hydrogens is 166 g/mol. The highest BCUT2D eigenvalue weighted by Crippen LogP contribution is 1.95. The van der Waals surface area contributed by atoms with Gasteiger partial charge in [-0.25, -0.2) is 0 Å². The summed E-state index contributed by atoms with van der Waals surface area (Å²) in [4.78, 5) is 13.5. The molecule has 1 aliphatic heterocycles. The fourth-order valence-corrected chi connectivity index (χ4v) is 1.44. The molecule has 0 aromatic carbocycles. The first kappa shape index (κ1) is 10.5. The van der Waals surface area contributed by atoms with Crippen molar-refractivity contribution in [3.8, 4) is 0 Å². The van der Waals surface area contributed by atoms with Crippen LogP contribution in [0.3, 0.4) is 0 Å². The summed E-state index contributed by atoms with van der Waals surface area (Å²) in [6.07, 6.45) is 1.07. The summed E-state index contributed by atoms with van der Waals surface area (Å²) >= 11 is 0. The van der Waals surface area contributed by atoms with Crippen LogP contribution in [0.15, 0.2) is 0 Å². The lowest BCUT2D eigenvalue weighted by atomic mass is 10.4. The van der Waals surface area contributed by atoms with Crippen molar-refractivity contribution in [3.63, 3.8) is 0 Å². The first-order chi connectivity index (χ1) is 6.34. The van der Waals surface area contributed by atoms with E-state index in [0.29, 0.717) is 6.54 Å². The molecular formula is C9H19N3O. The van der Waals surface area contributed by atoms with Gasteiger partial charge < -0.3 is 15.5 Å². The lowest BCUT2D eigenvalue weighted by molar-refractivity contribution is -0.130. The Kier molecular flexibility index (Phi) is 4.78. The van der Waals surface area contributed by atoms with Crippen LogP contribution >= 0.6 is 0 Å². The number of carbonyl (C=O) groups excluding carboxylic acids is 1. The summed E-state index contributed by atoms with van der Waals surface area (Å²) in [6, 6.07) is 0. The average Bonchev–Trinajstić information content (AvgIpc) is 2.42. The third-order valence-electron chi connectivity index (χ3n) is 2.22. The predicted molar refractivity (Wildman–Crippen MR) is 52.6 cm³/mol. The van der Waals surface area contributed by atoms with Crippen molar-refractivity contribution in [3.05, 3.63) is 0 Å². The van der Waals surface area contributed by atoms with Crippen LogP contribution in [0.2, 0.25) is 0 Å². The van der Waals surface area contributed by atoms with Crippen LogP contribution in [0.25, 0.3) is 0 Å². The molecule has 0 aromatic rings. The third-order valence-corrected chi connectivity index (χ3v) is 2.22. The largest absolute Gasteiger partial charge is 0.340 e. The maximum absolute atomic E-state index is 11.5. The zero-order chi connectivity index (χ0) is 9.52. The zero-order valence-electron chi connectivity index (χ0n) is 8.31. The van der Waals surface area contributed by atoms with E-state index < -0.39 is 0 Å². The molecule has 1 saturated heterocycles. The van der Waals surface area contributed by atoms with Crippen molar-refractivity contribution in [2.24, 2.45) is 0 Å². The Morgan fingerprint density at radius 2 is 2.31 bits per heavy atom. The molecule has 0 unspecified atom stereocenters. The number of amides is 1. The van der Waals surface area contributed by atoms with Gasteiger partial charge in [0.1, 0.15) is 0 Å². The maximum atomic E-state index is 11.5. The van der Waals surface area contributed by atoms with E-state index in [1.54, 1.807) is 0 Å². The van der Waals surface area contributed by atoms with Gasteiger partial charge in [0.05, 0.1) is 6.54 Å². The van der Waals surface area contributed by atoms with Crippen molar-refractivity contribution < 1.29 is 4.79 Å². The summed E-state index contributed by atoms with van der Waals surface area (Å²) in [7, 11) is 0. The number of nitrogens with one attached hydrogen (secondary N) is 2. The number of rotatable bonds is 3. The van der Waals surface area contributed by atoms with Crippen LogP contribution in [-0.2, 0) is 4.79 Å². The van der Waals surface area contributed by atoms with Crippen LogP contribution in [0.1, 0.15) is 13.3 Å². The summed E-state index contributed by atoms with van der Waals surface area (Å²) in [5, 5.41) is 6.33. The molecule has 2 N–H and O–H groups in total. The molecule has 4 heteroatoms. The first-order valence-corrected chi connectivity index (χ1v) is 5.04. The van der Waals surface area contributed by atoms with Gasteiger partial charge in [-0.2, -0.15) is 0 Å². The molecule has 0 saturated carbocycles. The third kappa shape index (κ3) is 3.74. The molecule has 0 radical (unpaired) electrons. The highest BCUT2D eigenvalue weighted by atomic mass is 16.2. The Morgan fingerprint density at radius 3 is 3.08 bits per heavy atom. The molecule has 0 atom stereocenters. The SMILES string of the molecule is CCNCC(=O)N1CCCNCC1. The van der Waals surface area contributed by atoms with Gasteiger partial charge in [-0.3, -0.25) is 4.79 Å². The fraction of sp³-hybridized carbons (Fsp3) is 0.889. The monoisotopic (exact) mass is 185 g/mol. The van der Waals surface area contributed by atoms with Crippen LogP contribution < -0.4 is 10.6 Å². The molecule has 1 amide bonds. The molecule has 0 aliphatic carbocycles.